The number of anilines is 1. The average Bonchev–Trinajstić information content (AvgIpc) is 2.94. The lowest BCUT2D eigenvalue weighted by Crippen LogP contribution is -2.14. The monoisotopic (exact) mass is 369 g/mol. The molecule has 0 radical (unpaired) electrons. The van der Waals surface area contributed by atoms with Gasteiger partial charge in [0.25, 0.3) is 5.91 Å². The van der Waals surface area contributed by atoms with Gasteiger partial charge in [0.1, 0.15) is 0 Å². The van der Waals surface area contributed by atoms with E-state index in [1.807, 2.05) is 62.4 Å². The van der Waals surface area contributed by atoms with Gasteiger partial charge >= 0.3 is 0 Å². The van der Waals surface area contributed by atoms with Crippen molar-refractivity contribution in [2.24, 2.45) is 0 Å². The van der Waals surface area contributed by atoms with Crippen molar-refractivity contribution in [1.82, 2.24) is 9.78 Å². The fourth-order valence-electron chi connectivity index (χ4n) is 2.33. The number of nitrogens with zero attached hydrogens (tertiary/aromatic N) is 2. The van der Waals surface area contributed by atoms with E-state index in [9.17, 15) is 4.79 Å². The van der Waals surface area contributed by atoms with Crippen LogP contribution in [0.1, 0.15) is 21.7 Å². The number of nitrogens with one attached hydrogen (secondary N) is 1. The van der Waals surface area contributed by atoms with Crippen LogP contribution in [0.3, 0.4) is 0 Å². The zero-order valence-electron chi connectivity index (χ0n) is 12.9. The summed E-state index contributed by atoms with van der Waals surface area (Å²) in [6, 6.07) is 17.3. The van der Waals surface area contributed by atoms with Crippen molar-refractivity contribution < 1.29 is 4.79 Å². The van der Waals surface area contributed by atoms with Crippen molar-refractivity contribution in [3.63, 3.8) is 0 Å². The van der Waals surface area contributed by atoms with Gasteiger partial charge in [-0.3, -0.25) is 4.79 Å². The summed E-state index contributed by atoms with van der Waals surface area (Å²) < 4.78 is 2.69. The lowest BCUT2D eigenvalue weighted by molar-refractivity contribution is 0.102. The van der Waals surface area contributed by atoms with Crippen LogP contribution in [0, 0.1) is 13.8 Å². The van der Waals surface area contributed by atoms with E-state index in [0.717, 1.165) is 27.1 Å². The molecule has 1 aromatic heterocycles. The van der Waals surface area contributed by atoms with Crippen LogP contribution < -0.4 is 5.32 Å². The van der Waals surface area contributed by atoms with Gasteiger partial charge in [-0.2, -0.15) is 5.10 Å². The number of hydrogen-bond acceptors (Lipinski definition) is 2. The van der Waals surface area contributed by atoms with Crippen molar-refractivity contribution in [3.8, 4) is 5.69 Å². The topological polar surface area (TPSA) is 46.9 Å². The molecule has 2 aromatic carbocycles. The maximum absolute atomic E-state index is 12.5. The summed E-state index contributed by atoms with van der Waals surface area (Å²) in [5.74, 6) is -0.219. The van der Waals surface area contributed by atoms with Gasteiger partial charge < -0.3 is 5.32 Å². The Bertz CT molecular complexity index is 856. The summed E-state index contributed by atoms with van der Waals surface area (Å²) in [5.41, 5.74) is 4.01. The quantitative estimate of drug-likeness (QED) is 0.738. The number of carbonyl (C=O) groups excluding carboxylic acids is 1. The largest absolute Gasteiger partial charge is 0.320 e. The van der Waals surface area contributed by atoms with Gasteiger partial charge in [-0.25, -0.2) is 4.68 Å². The molecule has 0 unspecified atom stereocenters. The van der Waals surface area contributed by atoms with E-state index in [2.05, 4.69) is 26.3 Å². The molecule has 0 aliphatic heterocycles. The number of hydrogen-bond donors (Lipinski definition) is 1. The molecule has 1 amide bonds. The number of aromatic nitrogens is 2. The lowest BCUT2D eigenvalue weighted by atomic mass is 10.2. The van der Waals surface area contributed by atoms with Crippen LogP contribution in [0.5, 0.6) is 0 Å². The predicted octanol–water partition coefficient (Wildman–Crippen LogP) is 4.50. The first-order valence-corrected chi connectivity index (χ1v) is 8.03. The SMILES string of the molecule is Cc1ccc(Br)cc1NC(=O)c1cc(C)n(-c2ccccc2)n1. The Morgan fingerprint density at radius 1 is 1.09 bits per heavy atom. The number of para-hydroxylation sites is 1. The zero-order valence-corrected chi connectivity index (χ0v) is 14.5. The van der Waals surface area contributed by atoms with E-state index in [1.54, 1.807) is 10.7 Å². The first-order valence-electron chi connectivity index (χ1n) is 7.24. The average molecular weight is 370 g/mol. The van der Waals surface area contributed by atoms with Gasteiger partial charge in [0, 0.05) is 15.9 Å². The Hall–Kier alpha value is -2.40. The molecule has 0 fully saturated rings. The molecule has 0 atom stereocenters. The minimum atomic E-state index is -0.219. The highest BCUT2D eigenvalue weighted by atomic mass is 79.9. The van der Waals surface area contributed by atoms with Crippen molar-refractivity contribution in [2.75, 3.05) is 5.32 Å². The molecule has 1 heterocycles. The predicted molar refractivity (Wildman–Crippen MR) is 95.1 cm³/mol. The second kappa shape index (κ2) is 6.38. The normalized spacial score (nSPS) is 10.6. The van der Waals surface area contributed by atoms with Crippen molar-refractivity contribution in [2.45, 2.75) is 13.8 Å². The Kier molecular flexibility index (Phi) is 4.30. The molecular weight excluding hydrogens is 354 g/mol. The highest BCUT2D eigenvalue weighted by molar-refractivity contribution is 9.10. The van der Waals surface area contributed by atoms with Gasteiger partial charge in [-0.15, -0.1) is 0 Å². The summed E-state index contributed by atoms with van der Waals surface area (Å²) in [6.45, 7) is 3.89. The van der Waals surface area contributed by atoms with Gasteiger partial charge in [-0.05, 0) is 49.7 Å². The summed E-state index contributed by atoms with van der Waals surface area (Å²) in [5, 5.41) is 7.34. The minimum absolute atomic E-state index is 0.219. The Morgan fingerprint density at radius 2 is 1.83 bits per heavy atom. The molecule has 0 saturated carbocycles. The van der Waals surface area contributed by atoms with E-state index >= 15 is 0 Å². The van der Waals surface area contributed by atoms with Crippen LogP contribution in [-0.2, 0) is 0 Å². The third-order valence-electron chi connectivity index (χ3n) is 3.57. The fraction of sp³-hybridized carbons (Fsp3) is 0.111. The van der Waals surface area contributed by atoms with Crippen molar-refractivity contribution in [3.05, 3.63) is 76.0 Å². The van der Waals surface area contributed by atoms with Gasteiger partial charge in [0.2, 0.25) is 0 Å². The van der Waals surface area contributed by atoms with E-state index in [0.29, 0.717) is 5.69 Å². The maximum Gasteiger partial charge on any atom is 0.276 e. The molecular formula is C18H16BrN3O. The molecule has 4 nitrogen and oxygen atoms in total. The second-order valence-electron chi connectivity index (χ2n) is 5.33. The smallest absolute Gasteiger partial charge is 0.276 e. The Balaban J connectivity index is 1.88. The minimum Gasteiger partial charge on any atom is -0.320 e. The van der Waals surface area contributed by atoms with Crippen LogP contribution in [0.15, 0.2) is 59.1 Å². The third kappa shape index (κ3) is 3.35. The highest BCUT2D eigenvalue weighted by Crippen LogP contribution is 2.21. The Labute approximate surface area is 143 Å². The first-order chi connectivity index (χ1) is 11.0. The van der Waals surface area contributed by atoms with Gasteiger partial charge in [-0.1, -0.05) is 40.2 Å². The summed E-state index contributed by atoms with van der Waals surface area (Å²) in [6.07, 6.45) is 0. The van der Waals surface area contributed by atoms with Crippen LogP contribution >= 0.6 is 15.9 Å². The first kappa shape index (κ1) is 15.5. The van der Waals surface area contributed by atoms with Crippen LogP contribution in [0.2, 0.25) is 0 Å². The summed E-state index contributed by atoms with van der Waals surface area (Å²) >= 11 is 3.42. The highest BCUT2D eigenvalue weighted by Gasteiger charge is 2.14. The van der Waals surface area contributed by atoms with Crippen LogP contribution in [-0.4, -0.2) is 15.7 Å². The number of rotatable bonds is 3. The molecule has 116 valence electrons. The molecule has 3 rings (SSSR count). The lowest BCUT2D eigenvalue weighted by Gasteiger charge is -2.07. The molecule has 0 saturated heterocycles. The fourth-order valence-corrected chi connectivity index (χ4v) is 2.69. The number of amides is 1. The molecule has 0 spiro atoms. The van der Waals surface area contributed by atoms with E-state index in [-0.39, 0.29) is 5.91 Å². The van der Waals surface area contributed by atoms with Crippen LogP contribution in [0.4, 0.5) is 5.69 Å². The summed E-state index contributed by atoms with van der Waals surface area (Å²) in [4.78, 5) is 12.5. The summed E-state index contributed by atoms with van der Waals surface area (Å²) in [7, 11) is 0. The van der Waals surface area contributed by atoms with Gasteiger partial charge in [0.15, 0.2) is 5.69 Å². The number of benzene rings is 2. The van der Waals surface area contributed by atoms with Crippen molar-refractivity contribution in [1.29, 1.82) is 0 Å². The molecule has 3 aromatic rings. The zero-order chi connectivity index (χ0) is 16.4. The molecule has 0 aliphatic rings. The molecule has 0 aliphatic carbocycles. The number of carbonyl (C=O) groups is 1. The molecule has 1 N–H and O–H groups in total. The number of aryl methyl sites for hydroxylation is 2. The standard InChI is InChI=1S/C18H16BrN3O/c1-12-8-9-14(19)11-16(12)20-18(23)17-10-13(2)22(21-17)15-6-4-3-5-7-15/h3-11H,1-2H3,(H,20,23). The Morgan fingerprint density at radius 3 is 2.57 bits per heavy atom. The molecule has 23 heavy (non-hydrogen) atoms. The second-order valence-corrected chi connectivity index (χ2v) is 6.25. The number of halogens is 1. The van der Waals surface area contributed by atoms with E-state index in [1.165, 1.54) is 0 Å². The van der Waals surface area contributed by atoms with Gasteiger partial charge in [0.05, 0.1) is 5.69 Å². The maximum atomic E-state index is 12.5. The van der Waals surface area contributed by atoms with E-state index < -0.39 is 0 Å². The van der Waals surface area contributed by atoms with Crippen molar-refractivity contribution >= 4 is 27.5 Å². The molecule has 5 heteroatoms. The molecule has 0 bridgehead atoms. The van der Waals surface area contributed by atoms with Crippen LogP contribution in [0.25, 0.3) is 5.69 Å². The van der Waals surface area contributed by atoms with E-state index in [4.69, 9.17) is 0 Å². The third-order valence-corrected chi connectivity index (χ3v) is 4.06.